The molecule has 0 spiro atoms. The summed E-state index contributed by atoms with van der Waals surface area (Å²) in [5, 5.41) is 10.5. The summed E-state index contributed by atoms with van der Waals surface area (Å²) in [7, 11) is -3.30. The summed E-state index contributed by atoms with van der Waals surface area (Å²) >= 11 is 0. The van der Waals surface area contributed by atoms with Crippen LogP contribution in [0.2, 0.25) is 0 Å². The first-order valence-corrected chi connectivity index (χ1v) is 9.07. The minimum Gasteiger partial charge on any atom is -0.481 e. The molecule has 1 aliphatic heterocycles. The minimum atomic E-state index is -3.30. The largest absolute Gasteiger partial charge is 0.481 e. The van der Waals surface area contributed by atoms with Crippen LogP contribution in [-0.2, 0) is 19.4 Å². The van der Waals surface area contributed by atoms with Gasteiger partial charge in [0.2, 0.25) is 5.91 Å². The zero-order valence-corrected chi connectivity index (χ0v) is 13.5. The van der Waals surface area contributed by atoms with E-state index in [0.29, 0.717) is 32.2 Å². The normalized spacial score (nSPS) is 21.7. The van der Waals surface area contributed by atoms with Crippen LogP contribution in [0.1, 0.15) is 52.4 Å². The topological polar surface area (TPSA) is 101 Å². The number of hydrogen-bond donors (Lipinski definition) is 2. The summed E-state index contributed by atoms with van der Waals surface area (Å²) in [4.78, 5) is 22.6. The summed E-state index contributed by atoms with van der Waals surface area (Å²) in [6.07, 6.45) is 3.04. The Morgan fingerprint density at radius 1 is 1.24 bits per heavy atom. The molecule has 0 bridgehead atoms. The highest BCUT2D eigenvalue weighted by Crippen LogP contribution is 2.26. The van der Waals surface area contributed by atoms with E-state index in [2.05, 4.69) is 5.32 Å². The Kier molecular flexibility index (Phi) is 6.19. The summed E-state index contributed by atoms with van der Waals surface area (Å²) in [6.45, 7) is 4.26. The van der Waals surface area contributed by atoms with Crippen molar-refractivity contribution in [2.45, 2.75) is 57.6 Å². The highest BCUT2D eigenvalue weighted by molar-refractivity contribution is 7.92. The van der Waals surface area contributed by atoms with Crippen LogP contribution >= 0.6 is 0 Å². The molecular formula is C14H25NO5S. The molecule has 6 nitrogen and oxygen atoms in total. The maximum absolute atomic E-state index is 12.0. The molecule has 0 aromatic carbocycles. The number of hydrogen-bond acceptors (Lipinski definition) is 4. The van der Waals surface area contributed by atoms with Crippen LogP contribution < -0.4 is 5.32 Å². The molecule has 1 amide bonds. The molecule has 1 saturated heterocycles. The Morgan fingerprint density at radius 2 is 1.90 bits per heavy atom. The monoisotopic (exact) mass is 319 g/mol. The number of amides is 1. The fourth-order valence-electron chi connectivity index (χ4n) is 2.46. The van der Waals surface area contributed by atoms with Gasteiger partial charge in [0.05, 0.1) is 5.75 Å². The first kappa shape index (κ1) is 17.9. The van der Waals surface area contributed by atoms with Gasteiger partial charge >= 0.3 is 5.97 Å². The van der Waals surface area contributed by atoms with E-state index >= 15 is 0 Å². The summed E-state index contributed by atoms with van der Waals surface area (Å²) in [5.41, 5.74) is -0.197. The van der Waals surface area contributed by atoms with Crippen molar-refractivity contribution < 1.29 is 23.1 Å². The maximum Gasteiger partial charge on any atom is 0.303 e. The number of nitrogens with one attached hydrogen (secondary N) is 1. The van der Waals surface area contributed by atoms with Crippen molar-refractivity contribution in [3.8, 4) is 0 Å². The fraction of sp³-hybridized carbons (Fsp3) is 0.857. The number of carbonyl (C=O) groups is 2. The molecular weight excluding hydrogens is 294 g/mol. The Bertz CT molecular complexity index is 484. The van der Waals surface area contributed by atoms with E-state index in [0.717, 1.165) is 6.42 Å². The lowest BCUT2D eigenvalue weighted by molar-refractivity contribution is -0.137. The van der Waals surface area contributed by atoms with E-state index in [1.165, 1.54) is 0 Å². The number of rotatable bonds is 7. The van der Waals surface area contributed by atoms with E-state index < -0.39 is 27.0 Å². The molecule has 0 saturated carbocycles. The van der Waals surface area contributed by atoms with Crippen molar-refractivity contribution in [1.82, 2.24) is 5.32 Å². The van der Waals surface area contributed by atoms with Gasteiger partial charge in [-0.25, -0.2) is 8.42 Å². The SMILES string of the molecule is CC(C)(CCNC(=O)C1CCCCS1(=O)=O)CCC(=O)O. The lowest BCUT2D eigenvalue weighted by atomic mass is 9.84. The van der Waals surface area contributed by atoms with Gasteiger partial charge < -0.3 is 10.4 Å². The smallest absolute Gasteiger partial charge is 0.303 e. The van der Waals surface area contributed by atoms with Gasteiger partial charge in [-0.2, -0.15) is 0 Å². The van der Waals surface area contributed by atoms with Crippen molar-refractivity contribution in [3.63, 3.8) is 0 Å². The van der Waals surface area contributed by atoms with Crippen molar-refractivity contribution in [3.05, 3.63) is 0 Å². The van der Waals surface area contributed by atoms with Crippen LogP contribution in [0, 0.1) is 5.41 Å². The molecule has 0 aromatic rings. The van der Waals surface area contributed by atoms with Crippen molar-refractivity contribution >= 4 is 21.7 Å². The van der Waals surface area contributed by atoms with Crippen molar-refractivity contribution in [1.29, 1.82) is 0 Å². The molecule has 1 heterocycles. The predicted molar refractivity (Wildman–Crippen MR) is 79.7 cm³/mol. The van der Waals surface area contributed by atoms with E-state index in [1.54, 1.807) is 0 Å². The zero-order valence-electron chi connectivity index (χ0n) is 12.7. The van der Waals surface area contributed by atoms with Crippen LogP contribution in [-0.4, -0.2) is 42.9 Å². The average molecular weight is 319 g/mol. The average Bonchev–Trinajstić information content (AvgIpc) is 2.35. The molecule has 1 unspecified atom stereocenters. The lowest BCUT2D eigenvalue weighted by Gasteiger charge is -2.25. The van der Waals surface area contributed by atoms with Crippen LogP contribution in [0.5, 0.6) is 0 Å². The van der Waals surface area contributed by atoms with E-state index in [1.807, 2.05) is 13.8 Å². The lowest BCUT2D eigenvalue weighted by Crippen LogP contribution is -2.43. The van der Waals surface area contributed by atoms with Crippen molar-refractivity contribution in [2.75, 3.05) is 12.3 Å². The standard InChI is InChI=1S/C14H25NO5S/c1-14(2,7-6-12(16)17)8-9-15-13(18)11-5-3-4-10-21(11,19)20/h11H,3-10H2,1-2H3,(H,15,18)(H,16,17). The van der Waals surface area contributed by atoms with Crippen LogP contribution in [0.15, 0.2) is 0 Å². The van der Waals surface area contributed by atoms with E-state index in [4.69, 9.17) is 5.11 Å². The highest BCUT2D eigenvalue weighted by Gasteiger charge is 2.34. The predicted octanol–water partition coefficient (Wildman–Crippen LogP) is 1.35. The minimum absolute atomic E-state index is 0.0925. The van der Waals surface area contributed by atoms with Gasteiger partial charge in [-0.05, 0) is 31.1 Å². The molecule has 2 N–H and O–H groups in total. The molecule has 1 fully saturated rings. The van der Waals surface area contributed by atoms with E-state index in [-0.39, 0.29) is 17.6 Å². The van der Waals surface area contributed by atoms with Gasteiger partial charge in [0, 0.05) is 13.0 Å². The quantitative estimate of drug-likeness (QED) is 0.737. The number of carboxylic acids is 1. The van der Waals surface area contributed by atoms with Gasteiger partial charge in [0.15, 0.2) is 9.84 Å². The molecule has 1 atom stereocenters. The maximum atomic E-state index is 12.0. The second-order valence-electron chi connectivity index (χ2n) is 6.45. The third kappa shape index (κ3) is 6.03. The van der Waals surface area contributed by atoms with Gasteiger partial charge in [-0.3, -0.25) is 9.59 Å². The van der Waals surface area contributed by atoms with Gasteiger partial charge in [0.1, 0.15) is 5.25 Å². The second kappa shape index (κ2) is 7.24. The zero-order chi connectivity index (χ0) is 16.1. The second-order valence-corrected chi connectivity index (χ2v) is 8.75. The Labute approximate surface area is 126 Å². The van der Waals surface area contributed by atoms with Crippen LogP contribution in [0.4, 0.5) is 0 Å². The summed E-state index contributed by atoms with van der Waals surface area (Å²) in [6, 6.07) is 0. The van der Waals surface area contributed by atoms with Gasteiger partial charge in [-0.1, -0.05) is 20.3 Å². The molecule has 0 radical (unpaired) electrons. The molecule has 1 rings (SSSR count). The third-order valence-electron chi connectivity index (χ3n) is 3.99. The molecule has 0 aromatic heterocycles. The number of carbonyl (C=O) groups excluding carboxylic acids is 1. The molecule has 1 aliphatic rings. The first-order valence-electron chi connectivity index (χ1n) is 7.35. The Balaban J connectivity index is 2.41. The Hall–Kier alpha value is -1.11. The third-order valence-corrected chi connectivity index (χ3v) is 6.16. The molecule has 21 heavy (non-hydrogen) atoms. The number of aliphatic carboxylic acids is 1. The number of sulfone groups is 1. The summed E-state index contributed by atoms with van der Waals surface area (Å²) < 4.78 is 23.7. The summed E-state index contributed by atoms with van der Waals surface area (Å²) in [5.74, 6) is -1.15. The van der Waals surface area contributed by atoms with Crippen LogP contribution in [0.25, 0.3) is 0 Å². The van der Waals surface area contributed by atoms with Crippen molar-refractivity contribution in [2.24, 2.45) is 5.41 Å². The van der Waals surface area contributed by atoms with Crippen LogP contribution in [0.3, 0.4) is 0 Å². The molecule has 122 valence electrons. The number of carboxylic acid groups (broad SMARTS) is 1. The fourth-order valence-corrected chi connectivity index (χ4v) is 4.28. The first-order chi connectivity index (χ1) is 9.64. The molecule has 0 aliphatic carbocycles. The van der Waals surface area contributed by atoms with Gasteiger partial charge in [0.25, 0.3) is 0 Å². The van der Waals surface area contributed by atoms with Gasteiger partial charge in [-0.15, -0.1) is 0 Å². The Morgan fingerprint density at radius 3 is 2.48 bits per heavy atom. The molecule has 7 heteroatoms. The highest BCUT2D eigenvalue weighted by atomic mass is 32.2. The van der Waals surface area contributed by atoms with E-state index in [9.17, 15) is 18.0 Å².